The van der Waals surface area contributed by atoms with Crippen LogP contribution in [0.5, 0.6) is 5.75 Å². The summed E-state index contributed by atoms with van der Waals surface area (Å²) < 4.78 is 11.7. The van der Waals surface area contributed by atoms with Crippen molar-refractivity contribution in [3.8, 4) is 5.75 Å². The molecule has 1 aromatic rings. The van der Waals surface area contributed by atoms with Crippen LogP contribution in [0.1, 0.15) is 39.2 Å². The molecule has 1 rings (SSSR count). The van der Waals surface area contributed by atoms with Gasteiger partial charge in [0.2, 0.25) is 0 Å². The molecule has 0 aromatic heterocycles. The number of rotatable bonds is 8. The maximum Gasteiger partial charge on any atom is 0.347 e. The molecular weight excluding hydrogens is 334 g/mol. The van der Waals surface area contributed by atoms with Crippen molar-refractivity contribution in [2.75, 3.05) is 6.61 Å². The van der Waals surface area contributed by atoms with Crippen molar-refractivity contribution in [3.05, 3.63) is 28.2 Å². The smallest absolute Gasteiger partial charge is 0.347 e. The largest absolute Gasteiger partial charge is 0.478 e. The Hall–Kier alpha value is -1.07. The Balaban J connectivity index is 2.81. The van der Waals surface area contributed by atoms with Gasteiger partial charge in [-0.05, 0) is 60.3 Å². The highest BCUT2D eigenvalue weighted by Crippen LogP contribution is 2.28. The van der Waals surface area contributed by atoms with Gasteiger partial charge in [0.25, 0.3) is 0 Å². The minimum absolute atomic E-state index is 0.107. The van der Waals surface area contributed by atoms with Gasteiger partial charge in [-0.1, -0.05) is 19.4 Å². The number of carbonyl (C=O) groups excluding carboxylic acids is 1. The highest BCUT2D eigenvalue weighted by atomic mass is 79.9. The summed E-state index contributed by atoms with van der Waals surface area (Å²) in [5, 5.41) is 0. The molecule has 2 N–H and O–H groups in total. The lowest BCUT2D eigenvalue weighted by Gasteiger charge is -2.18. The van der Waals surface area contributed by atoms with Crippen LogP contribution in [0.3, 0.4) is 0 Å². The fourth-order valence-electron chi connectivity index (χ4n) is 2.01. The summed E-state index contributed by atoms with van der Waals surface area (Å²) >= 11 is 3.49. The first-order valence-corrected chi connectivity index (χ1v) is 8.14. The van der Waals surface area contributed by atoms with Crippen LogP contribution in [-0.2, 0) is 16.0 Å². The van der Waals surface area contributed by atoms with E-state index in [1.165, 1.54) is 0 Å². The van der Waals surface area contributed by atoms with E-state index in [9.17, 15) is 4.79 Å². The van der Waals surface area contributed by atoms with Crippen LogP contribution in [0.2, 0.25) is 0 Å². The van der Waals surface area contributed by atoms with E-state index in [1.54, 1.807) is 6.92 Å². The Morgan fingerprint density at radius 2 is 2.10 bits per heavy atom. The summed E-state index contributed by atoms with van der Waals surface area (Å²) in [4.78, 5) is 11.9. The third-order valence-electron chi connectivity index (χ3n) is 2.92. The minimum atomic E-state index is -0.564. The Morgan fingerprint density at radius 1 is 1.38 bits per heavy atom. The molecule has 2 unspecified atom stereocenters. The van der Waals surface area contributed by atoms with E-state index in [2.05, 4.69) is 15.9 Å². The van der Waals surface area contributed by atoms with Crippen LogP contribution in [0.4, 0.5) is 0 Å². The van der Waals surface area contributed by atoms with Crippen molar-refractivity contribution >= 4 is 21.9 Å². The summed E-state index contributed by atoms with van der Waals surface area (Å²) in [6, 6.07) is 5.92. The van der Waals surface area contributed by atoms with Gasteiger partial charge >= 0.3 is 5.97 Å². The molecule has 0 spiro atoms. The van der Waals surface area contributed by atoms with Crippen molar-refractivity contribution in [1.82, 2.24) is 0 Å². The van der Waals surface area contributed by atoms with E-state index < -0.39 is 6.10 Å². The van der Waals surface area contributed by atoms with Gasteiger partial charge < -0.3 is 15.2 Å². The average molecular weight is 358 g/mol. The zero-order valence-corrected chi connectivity index (χ0v) is 14.5. The summed E-state index contributed by atoms with van der Waals surface area (Å²) in [6.07, 6.45) is 1.72. The van der Waals surface area contributed by atoms with Gasteiger partial charge in [0.1, 0.15) is 5.75 Å². The summed E-state index contributed by atoms with van der Waals surface area (Å²) in [7, 11) is 0. The Bertz CT molecular complexity index is 463. The maximum absolute atomic E-state index is 11.9. The molecule has 118 valence electrons. The summed E-state index contributed by atoms with van der Waals surface area (Å²) in [5.74, 6) is 0.334. The third kappa shape index (κ3) is 6.06. The molecule has 0 bridgehead atoms. The van der Waals surface area contributed by atoms with Gasteiger partial charge in [0.05, 0.1) is 11.1 Å². The maximum atomic E-state index is 11.9. The fraction of sp³-hybridized carbons (Fsp3) is 0.562. The van der Waals surface area contributed by atoms with Gasteiger partial charge in [0, 0.05) is 6.04 Å². The first-order chi connectivity index (χ1) is 9.97. The van der Waals surface area contributed by atoms with Crippen molar-refractivity contribution in [3.63, 3.8) is 0 Å². The first-order valence-electron chi connectivity index (χ1n) is 7.35. The number of ether oxygens (including phenoxy) is 2. The lowest BCUT2D eigenvalue weighted by atomic mass is 10.1. The fourth-order valence-corrected chi connectivity index (χ4v) is 2.53. The molecule has 0 saturated heterocycles. The van der Waals surface area contributed by atoms with Gasteiger partial charge in [0.15, 0.2) is 6.10 Å². The van der Waals surface area contributed by atoms with Crippen LogP contribution in [-0.4, -0.2) is 24.7 Å². The Morgan fingerprint density at radius 3 is 2.62 bits per heavy atom. The number of hydrogen-bond donors (Lipinski definition) is 1. The molecule has 1 aromatic carbocycles. The van der Waals surface area contributed by atoms with E-state index in [0.717, 1.165) is 22.9 Å². The Labute approximate surface area is 135 Å². The van der Waals surface area contributed by atoms with Crippen LogP contribution < -0.4 is 10.5 Å². The van der Waals surface area contributed by atoms with Gasteiger partial charge in [-0.15, -0.1) is 0 Å². The molecular formula is C16H24BrNO3. The number of nitrogens with two attached hydrogens (primary N) is 1. The molecule has 4 nitrogen and oxygen atoms in total. The second kappa shape index (κ2) is 9.05. The molecule has 21 heavy (non-hydrogen) atoms. The molecule has 5 heteroatoms. The third-order valence-corrected chi connectivity index (χ3v) is 3.54. The molecule has 0 fully saturated rings. The van der Waals surface area contributed by atoms with Gasteiger partial charge in [-0.3, -0.25) is 0 Å². The molecule has 0 amide bonds. The van der Waals surface area contributed by atoms with Crippen LogP contribution >= 0.6 is 15.9 Å². The zero-order valence-electron chi connectivity index (χ0n) is 12.9. The van der Waals surface area contributed by atoms with Crippen LogP contribution in [0.15, 0.2) is 22.7 Å². The SMILES string of the molecule is CCCC(Oc1ccc(CC(C)N)cc1Br)C(=O)OCC. The topological polar surface area (TPSA) is 61.5 Å². The van der Waals surface area contributed by atoms with E-state index in [-0.39, 0.29) is 12.0 Å². The zero-order chi connectivity index (χ0) is 15.8. The monoisotopic (exact) mass is 357 g/mol. The number of hydrogen-bond acceptors (Lipinski definition) is 4. The van der Waals surface area contributed by atoms with Crippen molar-refractivity contribution in [2.24, 2.45) is 5.73 Å². The van der Waals surface area contributed by atoms with E-state index in [0.29, 0.717) is 18.8 Å². The van der Waals surface area contributed by atoms with Crippen LogP contribution in [0.25, 0.3) is 0 Å². The quantitative estimate of drug-likeness (QED) is 0.723. The normalized spacial score (nSPS) is 13.6. The number of carbonyl (C=O) groups is 1. The molecule has 0 radical (unpaired) electrons. The molecule has 0 aliphatic heterocycles. The van der Waals surface area contributed by atoms with E-state index in [4.69, 9.17) is 15.2 Å². The Kier molecular flexibility index (Phi) is 7.75. The molecule has 0 aliphatic rings. The second-order valence-corrected chi connectivity index (χ2v) is 5.95. The van der Waals surface area contributed by atoms with Crippen LogP contribution in [0, 0.1) is 0 Å². The summed E-state index contributed by atoms with van der Waals surface area (Å²) in [6.45, 7) is 6.13. The number of esters is 1. The lowest BCUT2D eigenvalue weighted by molar-refractivity contribution is -0.151. The highest BCUT2D eigenvalue weighted by Gasteiger charge is 2.21. The first kappa shape index (κ1) is 18.0. The number of halogens is 1. The van der Waals surface area contributed by atoms with Crippen molar-refractivity contribution < 1.29 is 14.3 Å². The van der Waals surface area contributed by atoms with Gasteiger partial charge in [-0.25, -0.2) is 4.79 Å². The standard InChI is InChI=1S/C16H24BrNO3/c1-4-6-15(16(19)20-5-2)21-14-8-7-12(9-11(3)18)10-13(14)17/h7-8,10-11,15H,4-6,9,18H2,1-3H3. The molecule has 0 heterocycles. The molecule has 0 saturated carbocycles. The van der Waals surface area contributed by atoms with E-state index >= 15 is 0 Å². The minimum Gasteiger partial charge on any atom is -0.478 e. The average Bonchev–Trinajstić information content (AvgIpc) is 2.40. The second-order valence-electron chi connectivity index (χ2n) is 5.09. The van der Waals surface area contributed by atoms with E-state index in [1.807, 2.05) is 32.0 Å². The molecule has 0 aliphatic carbocycles. The number of benzene rings is 1. The van der Waals surface area contributed by atoms with Crippen molar-refractivity contribution in [2.45, 2.75) is 52.2 Å². The highest BCUT2D eigenvalue weighted by molar-refractivity contribution is 9.10. The molecule has 2 atom stereocenters. The lowest BCUT2D eigenvalue weighted by Crippen LogP contribution is -2.29. The van der Waals surface area contributed by atoms with Gasteiger partial charge in [-0.2, -0.15) is 0 Å². The predicted octanol–water partition coefficient (Wildman–Crippen LogP) is 3.45. The predicted molar refractivity (Wildman–Crippen MR) is 87.5 cm³/mol. The summed E-state index contributed by atoms with van der Waals surface area (Å²) in [5.41, 5.74) is 6.93. The van der Waals surface area contributed by atoms with Crippen molar-refractivity contribution in [1.29, 1.82) is 0 Å².